The Morgan fingerprint density at radius 3 is 3.00 bits per heavy atom. The third-order valence-corrected chi connectivity index (χ3v) is 2.41. The molecule has 0 radical (unpaired) electrons. The molecule has 2 aromatic rings. The number of aromatic nitrogens is 2. The van der Waals surface area contributed by atoms with E-state index in [9.17, 15) is 10.1 Å². The summed E-state index contributed by atoms with van der Waals surface area (Å²) in [5, 5.41) is 24.3. The van der Waals surface area contributed by atoms with Gasteiger partial charge in [-0.2, -0.15) is 10.4 Å². The Hall–Kier alpha value is -2.42. The molecule has 0 bridgehead atoms. The fourth-order valence-electron chi connectivity index (χ4n) is 1.72. The normalized spacial score (nSPS) is 10.2. The van der Waals surface area contributed by atoms with Crippen LogP contribution < -0.4 is 0 Å². The topological polar surface area (TPSA) is 84.8 Å². The van der Waals surface area contributed by atoms with Gasteiger partial charge in [0.1, 0.15) is 5.52 Å². The van der Waals surface area contributed by atoms with Crippen molar-refractivity contribution < 1.29 is 4.92 Å². The highest BCUT2D eigenvalue weighted by Crippen LogP contribution is 2.29. The van der Waals surface area contributed by atoms with Crippen LogP contribution in [0.3, 0.4) is 0 Å². The highest BCUT2D eigenvalue weighted by Gasteiger charge is 2.20. The standard InChI is InChI=1S/C10H8N4O2/c1-13-9-8(6-12-13)3-2-7(4-5-11)10(9)14(15)16/h2-3,6H,4H2,1H3. The van der Waals surface area contributed by atoms with Gasteiger partial charge in [0.2, 0.25) is 0 Å². The van der Waals surface area contributed by atoms with Crippen molar-refractivity contribution in [3.8, 4) is 6.07 Å². The van der Waals surface area contributed by atoms with E-state index in [2.05, 4.69) is 5.10 Å². The zero-order valence-electron chi connectivity index (χ0n) is 8.54. The van der Waals surface area contributed by atoms with Crippen LogP contribution >= 0.6 is 0 Å². The molecule has 0 aliphatic rings. The van der Waals surface area contributed by atoms with Gasteiger partial charge in [0, 0.05) is 18.0 Å². The zero-order valence-corrected chi connectivity index (χ0v) is 8.54. The maximum atomic E-state index is 11.0. The summed E-state index contributed by atoms with van der Waals surface area (Å²) in [5.41, 5.74) is 0.848. The number of rotatable bonds is 2. The average molecular weight is 216 g/mol. The molecular formula is C10H8N4O2. The van der Waals surface area contributed by atoms with Crippen LogP contribution in [0.5, 0.6) is 0 Å². The van der Waals surface area contributed by atoms with Gasteiger partial charge in [-0.1, -0.05) is 12.1 Å². The molecule has 1 aromatic carbocycles. The second-order valence-electron chi connectivity index (χ2n) is 3.37. The number of fused-ring (bicyclic) bond motifs is 1. The quantitative estimate of drug-likeness (QED) is 0.563. The number of nitriles is 1. The number of nitro benzene ring substituents is 1. The van der Waals surface area contributed by atoms with Gasteiger partial charge in [-0.05, 0) is 0 Å². The SMILES string of the molecule is Cn1ncc2ccc(CC#N)c([N+](=O)[O-])c21. The summed E-state index contributed by atoms with van der Waals surface area (Å²) in [6.07, 6.45) is 1.59. The van der Waals surface area contributed by atoms with Gasteiger partial charge in [0.25, 0.3) is 5.69 Å². The minimum atomic E-state index is -0.462. The molecule has 0 saturated carbocycles. The molecule has 6 heteroatoms. The van der Waals surface area contributed by atoms with E-state index in [4.69, 9.17) is 5.26 Å². The van der Waals surface area contributed by atoms with Crippen molar-refractivity contribution in [3.63, 3.8) is 0 Å². The molecule has 0 unspecified atom stereocenters. The molecule has 1 heterocycles. The smallest absolute Gasteiger partial charge is 0.261 e. The lowest BCUT2D eigenvalue weighted by Gasteiger charge is -2.01. The van der Waals surface area contributed by atoms with Crippen LogP contribution in [0.15, 0.2) is 18.3 Å². The molecular weight excluding hydrogens is 208 g/mol. The van der Waals surface area contributed by atoms with Crippen molar-refractivity contribution in [2.75, 3.05) is 0 Å². The Labute approximate surface area is 90.9 Å². The molecule has 0 atom stereocenters. The Bertz CT molecular complexity index is 609. The number of nitro groups is 1. The minimum absolute atomic E-state index is 0.0252. The third-order valence-electron chi connectivity index (χ3n) is 2.41. The number of hydrogen-bond donors (Lipinski definition) is 0. The largest absolute Gasteiger partial charge is 0.299 e. The van der Waals surface area contributed by atoms with Gasteiger partial charge < -0.3 is 0 Å². The molecule has 0 saturated heterocycles. The van der Waals surface area contributed by atoms with Gasteiger partial charge in [-0.3, -0.25) is 14.8 Å². The molecule has 0 amide bonds. The predicted octanol–water partition coefficient (Wildman–Crippen LogP) is 1.55. The fourth-order valence-corrected chi connectivity index (χ4v) is 1.72. The first kappa shape index (κ1) is 10.1. The second-order valence-corrected chi connectivity index (χ2v) is 3.37. The molecule has 0 aliphatic carbocycles. The van der Waals surface area contributed by atoms with Gasteiger partial charge >= 0.3 is 0 Å². The molecule has 16 heavy (non-hydrogen) atoms. The molecule has 0 N–H and O–H groups in total. The van der Waals surface area contributed by atoms with Crippen LogP contribution in [-0.4, -0.2) is 14.7 Å². The first-order valence-corrected chi connectivity index (χ1v) is 4.60. The summed E-state index contributed by atoms with van der Waals surface area (Å²) in [7, 11) is 1.64. The van der Waals surface area contributed by atoms with Crippen molar-refractivity contribution in [3.05, 3.63) is 34.0 Å². The summed E-state index contributed by atoms with van der Waals surface area (Å²) < 4.78 is 1.45. The van der Waals surface area contributed by atoms with Crippen molar-refractivity contribution in [1.82, 2.24) is 9.78 Å². The van der Waals surface area contributed by atoms with Crippen molar-refractivity contribution in [1.29, 1.82) is 5.26 Å². The van der Waals surface area contributed by atoms with Crippen molar-refractivity contribution in [2.45, 2.75) is 6.42 Å². The third kappa shape index (κ3) is 1.39. The Morgan fingerprint density at radius 2 is 2.38 bits per heavy atom. The number of aryl methyl sites for hydroxylation is 1. The van der Waals surface area contributed by atoms with Crippen LogP contribution in [0, 0.1) is 21.4 Å². The Morgan fingerprint density at radius 1 is 1.62 bits per heavy atom. The van der Waals surface area contributed by atoms with Crippen LogP contribution in [0.1, 0.15) is 5.56 Å². The van der Waals surface area contributed by atoms with Gasteiger partial charge in [-0.25, -0.2) is 0 Å². The van der Waals surface area contributed by atoms with E-state index in [1.54, 1.807) is 25.4 Å². The number of hydrogen-bond acceptors (Lipinski definition) is 4. The van der Waals surface area contributed by atoms with Crippen LogP contribution in [0.4, 0.5) is 5.69 Å². The van der Waals surface area contributed by atoms with E-state index < -0.39 is 4.92 Å². The maximum Gasteiger partial charge on any atom is 0.299 e. The number of benzene rings is 1. The van der Waals surface area contributed by atoms with Gasteiger partial charge in [0.05, 0.1) is 23.6 Å². The molecule has 1 aromatic heterocycles. The monoisotopic (exact) mass is 216 g/mol. The minimum Gasteiger partial charge on any atom is -0.261 e. The molecule has 6 nitrogen and oxygen atoms in total. The lowest BCUT2D eigenvalue weighted by atomic mass is 10.1. The van der Waals surface area contributed by atoms with Crippen LogP contribution in [0.2, 0.25) is 0 Å². The first-order chi connectivity index (χ1) is 7.65. The Kier molecular flexibility index (Phi) is 2.29. The second kappa shape index (κ2) is 3.62. The predicted molar refractivity (Wildman–Crippen MR) is 56.7 cm³/mol. The zero-order chi connectivity index (χ0) is 11.7. The van der Waals surface area contributed by atoms with Crippen LogP contribution in [0.25, 0.3) is 10.9 Å². The summed E-state index contributed by atoms with van der Waals surface area (Å²) in [6, 6.07) is 5.26. The highest BCUT2D eigenvalue weighted by molar-refractivity contribution is 5.89. The Balaban J connectivity index is 2.84. The van der Waals surface area contributed by atoms with Crippen molar-refractivity contribution in [2.24, 2.45) is 7.05 Å². The lowest BCUT2D eigenvalue weighted by Crippen LogP contribution is -1.99. The van der Waals surface area contributed by atoms with Gasteiger partial charge in [0.15, 0.2) is 0 Å². The molecule has 2 rings (SSSR count). The van der Waals surface area contributed by atoms with E-state index >= 15 is 0 Å². The lowest BCUT2D eigenvalue weighted by molar-refractivity contribution is -0.383. The average Bonchev–Trinajstić information content (AvgIpc) is 2.61. The summed E-state index contributed by atoms with van der Waals surface area (Å²) in [6.45, 7) is 0. The fraction of sp³-hybridized carbons (Fsp3) is 0.200. The molecule has 0 fully saturated rings. The van der Waals surface area contributed by atoms with Gasteiger partial charge in [-0.15, -0.1) is 0 Å². The van der Waals surface area contributed by atoms with E-state index in [1.807, 2.05) is 6.07 Å². The molecule has 0 spiro atoms. The summed E-state index contributed by atoms with van der Waals surface area (Å²) in [4.78, 5) is 10.6. The number of nitrogens with zero attached hydrogens (tertiary/aromatic N) is 4. The van der Waals surface area contributed by atoms with E-state index in [-0.39, 0.29) is 12.1 Å². The molecule has 80 valence electrons. The van der Waals surface area contributed by atoms with E-state index in [0.717, 1.165) is 0 Å². The first-order valence-electron chi connectivity index (χ1n) is 4.60. The molecule has 0 aliphatic heterocycles. The van der Waals surface area contributed by atoms with E-state index in [0.29, 0.717) is 16.5 Å². The maximum absolute atomic E-state index is 11.0. The van der Waals surface area contributed by atoms with Crippen LogP contribution in [-0.2, 0) is 13.5 Å². The highest BCUT2D eigenvalue weighted by atomic mass is 16.6. The summed E-state index contributed by atoms with van der Waals surface area (Å²) >= 11 is 0. The summed E-state index contributed by atoms with van der Waals surface area (Å²) in [5.74, 6) is 0. The van der Waals surface area contributed by atoms with E-state index in [1.165, 1.54) is 4.68 Å². The van der Waals surface area contributed by atoms with Crippen molar-refractivity contribution >= 4 is 16.6 Å².